The Morgan fingerprint density at radius 2 is 1.71 bits per heavy atom. The number of rotatable bonds is 4. The van der Waals surface area contributed by atoms with Crippen molar-refractivity contribution < 1.29 is 42.8 Å². The van der Waals surface area contributed by atoms with Crippen LogP contribution in [0.3, 0.4) is 0 Å². The van der Waals surface area contributed by atoms with Gasteiger partial charge in [0.25, 0.3) is 0 Å². The first-order valence-electron chi connectivity index (χ1n) is 15.7. The highest BCUT2D eigenvalue weighted by atomic mass is 19.1. The van der Waals surface area contributed by atoms with Gasteiger partial charge in [0.05, 0.1) is 17.8 Å². The van der Waals surface area contributed by atoms with Crippen LogP contribution in [0, 0.1) is 18.7 Å². The van der Waals surface area contributed by atoms with Gasteiger partial charge in [0.15, 0.2) is 5.82 Å². The van der Waals surface area contributed by atoms with E-state index in [2.05, 4.69) is 20.6 Å². The minimum absolute atomic E-state index is 0.0429. The molecular weight excluding hydrogens is 625 g/mol. The highest BCUT2D eigenvalue weighted by molar-refractivity contribution is 6.05. The molecule has 3 N–H and O–H groups in total. The van der Waals surface area contributed by atoms with Gasteiger partial charge in [-0.1, -0.05) is 6.92 Å². The summed E-state index contributed by atoms with van der Waals surface area (Å²) in [7, 11) is 0. The van der Waals surface area contributed by atoms with Gasteiger partial charge in [0.1, 0.15) is 35.4 Å². The number of aromatic nitrogens is 2. The minimum atomic E-state index is -0.913. The molecule has 1 saturated carbocycles. The number of fused-ring (bicyclic) bond motifs is 2. The van der Waals surface area contributed by atoms with Crippen molar-refractivity contribution in [2.24, 2.45) is 5.92 Å². The Labute approximate surface area is 278 Å². The van der Waals surface area contributed by atoms with Crippen molar-refractivity contribution in [3.8, 4) is 17.0 Å². The Balaban J connectivity index is 1.57. The number of hydrogen-bond acceptors (Lipinski definition) is 10. The molecule has 1 aliphatic carbocycles. The standard InChI is InChI=1S/C34H42FN5O8/c1-17-21(15-37-28-27(17)40(10-11-45-28)31(43)48-33(6,7)8)20-12-19-13-24(38-29(41)46-23-14-34(9,44)18(23)2)36-16-22(19)26(25(20)35)39-30(42)47-32(3,4)5/h12-13,15-16,18,23,44H,10-11,14H2,1-9H3,(H,39,42)(H,36,38,41)/t18-,23+,34+/m1/s1. The molecule has 3 aromatic rings. The van der Waals surface area contributed by atoms with E-state index in [1.165, 1.54) is 29.4 Å². The number of nitrogens with one attached hydrogen (secondary N) is 2. The van der Waals surface area contributed by atoms with Crippen molar-refractivity contribution in [3.05, 3.63) is 35.9 Å². The lowest BCUT2D eigenvalue weighted by Crippen LogP contribution is -2.55. The van der Waals surface area contributed by atoms with Crippen molar-refractivity contribution in [2.45, 2.75) is 91.6 Å². The van der Waals surface area contributed by atoms with Crippen molar-refractivity contribution >= 4 is 46.2 Å². The van der Waals surface area contributed by atoms with Gasteiger partial charge in [-0.25, -0.2) is 28.7 Å². The molecule has 0 saturated heterocycles. The monoisotopic (exact) mass is 667 g/mol. The van der Waals surface area contributed by atoms with E-state index in [0.29, 0.717) is 28.6 Å². The first-order chi connectivity index (χ1) is 22.2. The van der Waals surface area contributed by atoms with Gasteiger partial charge >= 0.3 is 18.3 Å². The molecule has 1 aliphatic heterocycles. The Kier molecular flexibility index (Phi) is 8.93. The molecule has 258 valence electrons. The number of hydrogen-bond donors (Lipinski definition) is 3. The summed E-state index contributed by atoms with van der Waals surface area (Å²) < 4.78 is 38.8. The highest BCUT2D eigenvalue weighted by Gasteiger charge is 2.49. The highest BCUT2D eigenvalue weighted by Crippen LogP contribution is 2.43. The molecular formula is C34H42FN5O8. The van der Waals surface area contributed by atoms with E-state index in [1.54, 1.807) is 62.3 Å². The van der Waals surface area contributed by atoms with Crippen LogP contribution in [0.1, 0.15) is 67.4 Å². The fourth-order valence-electron chi connectivity index (χ4n) is 5.60. The van der Waals surface area contributed by atoms with Crippen LogP contribution in [0.4, 0.5) is 36.0 Å². The lowest BCUT2D eigenvalue weighted by Gasteiger charge is -2.46. The summed E-state index contributed by atoms with van der Waals surface area (Å²) in [5.41, 5.74) is -1.57. The number of aliphatic hydroxyl groups is 1. The number of ether oxygens (including phenoxy) is 4. The number of pyridine rings is 2. The zero-order valence-electron chi connectivity index (χ0n) is 28.6. The largest absolute Gasteiger partial charge is 0.474 e. The van der Waals surface area contributed by atoms with Gasteiger partial charge in [-0.2, -0.15) is 0 Å². The topological polar surface area (TPSA) is 161 Å². The maximum atomic E-state index is 16.6. The van der Waals surface area contributed by atoms with Crippen LogP contribution in [-0.4, -0.2) is 69.4 Å². The van der Waals surface area contributed by atoms with Crippen LogP contribution in [0.15, 0.2) is 24.5 Å². The van der Waals surface area contributed by atoms with Crippen molar-refractivity contribution in [2.75, 3.05) is 28.7 Å². The van der Waals surface area contributed by atoms with Gasteiger partial charge < -0.3 is 24.1 Å². The molecule has 0 bridgehead atoms. The second-order valence-corrected chi connectivity index (χ2v) is 14.4. The van der Waals surface area contributed by atoms with Gasteiger partial charge in [0.2, 0.25) is 5.88 Å². The number of carbonyl (C=O) groups excluding carboxylic acids is 3. The predicted octanol–water partition coefficient (Wildman–Crippen LogP) is 6.93. The lowest BCUT2D eigenvalue weighted by molar-refractivity contribution is -0.153. The van der Waals surface area contributed by atoms with E-state index in [9.17, 15) is 19.5 Å². The molecule has 48 heavy (non-hydrogen) atoms. The van der Waals surface area contributed by atoms with Crippen molar-refractivity contribution in [1.29, 1.82) is 0 Å². The number of benzene rings is 1. The van der Waals surface area contributed by atoms with E-state index >= 15 is 4.39 Å². The molecule has 1 aromatic carbocycles. The molecule has 3 atom stereocenters. The van der Waals surface area contributed by atoms with Gasteiger partial charge in [-0.3, -0.25) is 15.5 Å². The number of halogens is 1. The van der Waals surface area contributed by atoms with Crippen molar-refractivity contribution in [1.82, 2.24) is 9.97 Å². The SMILES string of the molecule is Cc1c(-c2cc3cc(NC(=O)O[C@H]4C[C@](C)(O)[C@@H]4C)ncc3c(NC(=O)OC(C)(C)C)c2F)cnc2c1N(C(=O)OC(C)(C)C)CCO2. The second-order valence-electron chi connectivity index (χ2n) is 14.4. The maximum absolute atomic E-state index is 16.6. The third-order valence-electron chi connectivity index (χ3n) is 8.23. The number of anilines is 3. The Bertz CT molecular complexity index is 1780. The molecule has 0 radical (unpaired) electrons. The molecule has 3 amide bonds. The number of carbonyl (C=O) groups is 3. The van der Waals surface area contributed by atoms with E-state index in [4.69, 9.17) is 18.9 Å². The fraction of sp³-hybridized carbons (Fsp3) is 0.500. The molecule has 5 rings (SSSR count). The summed E-state index contributed by atoms with van der Waals surface area (Å²) in [6.45, 7) is 15.9. The van der Waals surface area contributed by atoms with E-state index < -0.39 is 47.0 Å². The predicted molar refractivity (Wildman–Crippen MR) is 177 cm³/mol. The van der Waals surface area contributed by atoms with Crippen LogP contribution in [0.2, 0.25) is 0 Å². The van der Waals surface area contributed by atoms with Crippen LogP contribution < -0.4 is 20.3 Å². The number of nitrogens with zero attached hydrogens (tertiary/aromatic N) is 3. The molecule has 3 heterocycles. The molecule has 13 nitrogen and oxygen atoms in total. The fourth-order valence-corrected chi connectivity index (χ4v) is 5.60. The smallest absolute Gasteiger partial charge is 0.415 e. The first kappa shape index (κ1) is 34.6. The Hall–Kier alpha value is -4.72. The van der Waals surface area contributed by atoms with Crippen molar-refractivity contribution in [3.63, 3.8) is 0 Å². The summed E-state index contributed by atoms with van der Waals surface area (Å²) >= 11 is 0. The Morgan fingerprint density at radius 1 is 1.02 bits per heavy atom. The van der Waals surface area contributed by atoms with Crippen LogP contribution in [-0.2, 0) is 14.2 Å². The van der Waals surface area contributed by atoms with E-state index in [-0.39, 0.29) is 47.4 Å². The third-order valence-corrected chi connectivity index (χ3v) is 8.23. The van der Waals surface area contributed by atoms with Crippen LogP contribution >= 0.6 is 0 Å². The average molecular weight is 668 g/mol. The lowest BCUT2D eigenvalue weighted by atomic mass is 9.69. The quantitative estimate of drug-likeness (QED) is 0.249. The third kappa shape index (κ3) is 7.23. The minimum Gasteiger partial charge on any atom is -0.474 e. The van der Waals surface area contributed by atoms with Crippen LogP contribution in [0.25, 0.3) is 21.9 Å². The zero-order chi connectivity index (χ0) is 35.3. The van der Waals surface area contributed by atoms with E-state index in [1.807, 2.05) is 0 Å². The summed E-state index contributed by atoms with van der Waals surface area (Å²) in [6.07, 6.45) is 0.336. The van der Waals surface area contributed by atoms with Gasteiger partial charge in [-0.05, 0) is 78.5 Å². The van der Waals surface area contributed by atoms with Gasteiger partial charge in [-0.15, -0.1) is 0 Å². The summed E-state index contributed by atoms with van der Waals surface area (Å²) in [6, 6.07) is 3.05. The first-order valence-corrected chi connectivity index (χ1v) is 15.7. The molecule has 14 heteroatoms. The Morgan fingerprint density at radius 3 is 2.33 bits per heavy atom. The normalized spacial score (nSPS) is 20.6. The summed E-state index contributed by atoms with van der Waals surface area (Å²) in [5.74, 6) is -0.744. The van der Waals surface area contributed by atoms with Crippen LogP contribution in [0.5, 0.6) is 5.88 Å². The molecule has 0 unspecified atom stereocenters. The maximum Gasteiger partial charge on any atom is 0.415 e. The molecule has 0 spiro atoms. The van der Waals surface area contributed by atoms with E-state index in [0.717, 1.165) is 0 Å². The molecule has 2 aromatic heterocycles. The summed E-state index contributed by atoms with van der Waals surface area (Å²) in [4.78, 5) is 48.9. The molecule has 2 aliphatic rings. The average Bonchev–Trinajstić information content (AvgIpc) is 2.96. The zero-order valence-corrected chi connectivity index (χ0v) is 28.6. The number of amides is 3. The summed E-state index contributed by atoms with van der Waals surface area (Å²) in [5, 5.41) is 16.0. The molecule has 1 fully saturated rings. The van der Waals surface area contributed by atoms with Gasteiger partial charge in [0, 0.05) is 41.2 Å². The second kappa shape index (κ2) is 12.4.